The number of ether oxygens (including phenoxy) is 1. The number of nitrogens with one attached hydrogen (secondary N) is 2. The highest BCUT2D eigenvalue weighted by Crippen LogP contribution is 2.33. The average molecular weight is 515 g/mol. The number of rotatable bonds is 5. The third-order valence-electron chi connectivity index (χ3n) is 6.93. The molecule has 2 fully saturated rings. The van der Waals surface area contributed by atoms with Crippen molar-refractivity contribution in [2.75, 3.05) is 37.6 Å². The van der Waals surface area contributed by atoms with Crippen LogP contribution >= 0.6 is 0 Å². The number of morpholine rings is 1. The van der Waals surface area contributed by atoms with E-state index in [9.17, 15) is 18.0 Å². The number of para-hydroxylation sites is 1. The predicted octanol–water partition coefficient (Wildman–Crippen LogP) is 2.00. The smallest absolute Gasteiger partial charge is 0.301 e. The monoisotopic (exact) mass is 514 g/mol. The largest absolute Gasteiger partial charge is 0.379 e. The molecule has 1 aromatic carbocycles. The van der Waals surface area contributed by atoms with Crippen molar-refractivity contribution in [3.63, 3.8) is 0 Å². The number of benzene rings is 1. The van der Waals surface area contributed by atoms with Gasteiger partial charge in [-0.25, -0.2) is 9.50 Å². The first kappa shape index (κ1) is 24.5. The van der Waals surface area contributed by atoms with Crippen LogP contribution in [0.5, 0.6) is 0 Å². The zero-order valence-corrected chi connectivity index (χ0v) is 21.2. The number of amides is 1. The number of likely N-dealkylation sites (tertiary alicyclic amines) is 1. The maximum atomic E-state index is 13.8. The van der Waals surface area contributed by atoms with Crippen LogP contribution < -0.4 is 10.3 Å². The second-order valence-corrected chi connectivity index (χ2v) is 10.9. The number of aromatic amines is 1. The highest BCUT2D eigenvalue weighted by Gasteiger charge is 2.32. The predicted molar refractivity (Wildman–Crippen MR) is 134 cm³/mol. The molecule has 1 atom stereocenters. The summed E-state index contributed by atoms with van der Waals surface area (Å²) in [5, 5.41) is 3.15. The summed E-state index contributed by atoms with van der Waals surface area (Å²) in [6.07, 6.45) is 2.48. The number of aromatic nitrogens is 3. The van der Waals surface area contributed by atoms with Crippen LogP contribution in [0, 0.1) is 13.8 Å². The van der Waals surface area contributed by atoms with Crippen LogP contribution in [0.2, 0.25) is 0 Å². The van der Waals surface area contributed by atoms with Crippen molar-refractivity contribution in [2.24, 2.45) is 0 Å². The molecule has 0 radical (unpaired) electrons. The normalized spacial score (nSPS) is 19.5. The molecule has 2 saturated heterocycles. The molecule has 12 heteroatoms. The highest BCUT2D eigenvalue weighted by atomic mass is 32.2. The Bertz CT molecular complexity index is 1460. The number of anilines is 1. The van der Waals surface area contributed by atoms with E-state index in [0.717, 1.165) is 18.5 Å². The van der Waals surface area contributed by atoms with Crippen LogP contribution in [0.15, 0.2) is 35.1 Å². The lowest BCUT2D eigenvalue weighted by molar-refractivity contribution is 0.0606. The van der Waals surface area contributed by atoms with Gasteiger partial charge in [-0.05, 0) is 45.2 Å². The Morgan fingerprint density at radius 3 is 2.67 bits per heavy atom. The summed E-state index contributed by atoms with van der Waals surface area (Å²) in [4.78, 5) is 32.8. The molecule has 3 aromatic rings. The van der Waals surface area contributed by atoms with Gasteiger partial charge in [0, 0.05) is 37.0 Å². The van der Waals surface area contributed by atoms with Crippen molar-refractivity contribution < 1.29 is 17.9 Å². The second kappa shape index (κ2) is 9.68. The fourth-order valence-corrected chi connectivity index (χ4v) is 6.02. The van der Waals surface area contributed by atoms with E-state index in [4.69, 9.17) is 4.74 Å². The molecule has 2 aliphatic rings. The van der Waals surface area contributed by atoms with E-state index in [1.807, 2.05) is 6.07 Å². The lowest BCUT2D eigenvalue weighted by Gasteiger charge is -2.35. The molecule has 4 heterocycles. The van der Waals surface area contributed by atoms with Gasteiger partial charge in [0.1, 0.15) is 0 Å². The lowest BCUT2D eigenvalue weighted by atomic mass is 9.98. The van der Waals surface area contributed by atoms with Gasteiger partial charge in [0.05, 0.1) is 36.2 Å². The number of aryl methyl sites for hydroxylation is 1. The molecule has 192 valence electrons. The topological polar surface area (TPSA) is 129 Å². The fourth-order valence-electron chi connectivity index (χ4n) is 4.81. The molecule has 0 saturated carbocycles. The Labute approximate surface area is 209 Å². The van der Waals surface area contributed by atoms with Crippen molar-refractivity contribution in [3.05, 3.63) is 63.2 Å². The van der Waals surface area contributed by atoms with Crippen molar-refractivity contribution in [1.82, 2.24) is 23.8 Å². The van der Waals surface area contributed by atoms with E-state index in [1.165, 1.54) is 8.82 Å². The zero-order chi connectivity index (χ0) is 25.4. The summed E-state index contributed by atoms with van der Waals surface area (Å²) >= 11 is 0. The van der Waals surface area contributed by atoms with E-state index in [1.54, 1.807) is 43.0 Å². The van der Waals surface area contributed by atoms with Crippen LogP contribution in [0.1, 0.15) is 52.6 Å². The molecule has 2 aliphatic heterocycles. The summed E-state index contributed by atoms with van der Waals surface area (Å²) in [6.45, 7) is 5.23. The maximum absolute atomic E-state index is 13.8. The van der Waals surface area contributed by atoms with Gasteiger partial charge in [-0.15, -0.1) is 0 Å². The van der Waals surface area contributed by atoms with Crippen molar-refractivity contribution >= 4 is 27.5 Å². The molecule has 36 heavy (non-hydrogen) atoms. The van der Waals surface area contributed by atoms with E-state index in [0.29, 0.717) is 43.1 Å². The quantitative estimate of drug-likeness (QED) is 0.536. The standard InChI is InChI=1S/C24H30N6O5S/c1-16-17(2)25-22-15-20(26-30(22)23(16)31)21-9-5-6-10-29(21)24(32)18-7-3-4-8-19(18)27-36(33,34)28-11-13-35-14-12-28/h3-4,7-8,15,21,26-27H,5-6,9-14H2,1-2H3/t21-/m0/s1. The Morgan fingerprint density at radius 2 is 1.89 bits per heavy atom. The third-order valence-corrected chi connectivity index (χ3v) is 8.46. The number of H-pyrrole nitrogens is 1. The van der Waals surface area contributed by atoms with Gasteiger partial charge < -0.3 is 9.64 Å². The molecule has 11 nitrogen and oxygen atoms in total. The number of carbonyl (C=O) groups excluding carboxylic acids is 1. The van der Waals surface area contributed by atoms with E-state index >= 15 is 0 Å². The van der Waals surface area contributed by atoms with Gasteiger partial charge in [-0.1, -0.05) is 12.1 Å². The molecule has 2 N–H and O–H groups in total. The number of hydrogen-bond donors (Lipinski definition) is 2. The highest BCUT2D eigenvalue weighted by molar-refractivity contribution is 7.90. The summed E-state index contributed by atoms with van der Waals surface area (Å²) in [5.74, 6) is -0.272. The third kappa shape index (κ3) is 4.51. The van der Waals surface area contributed by atoms with Gasteiger partial charge in [-0.2, -0.15) is 12.7 Å². The molecule has 0 spiro atoms. The molecule has 2 aromatic heterocycles. The van der Waals surface area contributed by atoms with Crippen molar-refractivity contribution in [3.8, 4) is 0 Å². The molecule has 1 amide bonds. The van der Waals surface area contributed by atoms with Gasteiger partial charge >= 0.3 is 10.2 Å². The second-order valence-electron chi connectivity index (χ2n) is 9.21. The molecule has 0 bridgehead atoms. The SMILES string of the molecule is Cc1nc2cc([C@@H]3CCCCN3C(=O)c3ccccc3NS(=O)(=O)N3CCOCC3)[nH]n2c(=O)c1C. The van der Waals surface area contributed by atoms with Crippen LogP contribution in [0.3, 0.4) is 0 Å². The molecular weight excluding hydrogens is 484 g/mol. The Balaban J connectivity index is 1.46. The number of fused-ring (bicyclic) bond motifs is 1. The van der Waals surface area contributed by atoms with Crippen molar-refractivity contribution in [1.29, 1.82) is 0 Å². The van der Waals surface area contributed by atoms with Gasteiger partial charge in [-0.3, -0.25) is 19.4 Å². The minimum absolute atomic E-state index is 0.166. The average Bonchev–Trinajstić information content (AvgIpc) is 3.31. The maximum Gasteiger partial charge on any atom is 0.301 e. The van der Waals surface area contributed by atoms with Crippen molar-refractivity contribution in [2.45, 2.75) is 39.2 Å². The lowest BCUT2D eigenvalue weighted by Crippen LogP contribution is -2.44. The van der Waals surface area contributed by atoms with Crippen LogP contribution in [0.4, 0.5) is 5.69 Å². The molecule has 0 unspecified atom stereocenters. The zero-order valence-electron chi connectivity index (χ0n) is 20.4. The molecule has 0 aliphatic carbocycles. The summed E-state index contributed by atoms with van der Waals surface area (Å²) < 4.78 is 36.5. The Hall–Kier alpha value is -3.22. The minimum Gasteiger partial charge on any atom is -0.379 e. The first-order valence-electron chi connectivity index (χ1n) is 12.1. The number of hydrogen-bond acceptors (Lipinski definition) is 6. The first-order valence-corrected chi connectivity index (χ1v) is 13.5. The minimum atomic E-state index is -3.84. The van der Waals surface area contributed by atoms with Gasteiger partial charge in [0.2, 0.25) is 0 Å². The number of piperidine rings is 1. The Kier molecular flexibility index (Phi) is 6.58. The van der Waals surface area contributed by atoms with Crippen LogP contribution in [-0.2, 0) is 14.9 Å². The summed E-state index contributed by atoms with van der Waals surface area (Å²) in [6, 6.07) is 8.17. The first-order chi connectivity index (χ1) is 17.3. The number of nitrogens with zero attached hydrogens (tertiary/aromatic N) is 4. The summed E-state index contributed by atoms with van der Waals surface area (Å²) in [7, 11) is -3.84. The van der Waals surface area contributed by atoms with E-state index < -0.39 is 10.2 Å². The van der Waals surface area contributed by atoms with Gasteiger partial charge in [0.15, 0.2) is 5.65 Å². The molecular formula is C24H30N6O5S. The van der Waals surface area contributed by atoms with E-state index in [2.05, 4.69) is 14.8 Å². The van der Waals surface area contributed by atoms with Crippen LogP contribution in [0.25, 0.3) is 5.65 Å². The molecule has 5 rings (SSSR count). The Morgan fingerprint density at radius 1 is 1.14 bits per heavy atom. The van der Waals surface area contributed by atoms with E-state index in [-0.39, 0.29) is 41.8 Å². The number of carbonyl (C=O) groups is 1. The summed E-state index contributed by atoms with van der Waals surface area (Å²) in [5.41, 5.74) is 2.82. The van der Waals surface area contributed by atoms with Crippen LogP contribution in [-0.4, -0.2) is 71.0 Å². The fraction of sp³-hybridized carbons (Fsp3) is 0.458. The van der Waals surface area contributed by atoms with Gasteiger partial charge in [0.25, 0.3) is 11.5 Å².